The van der Waals surface area contributed by atoms with Crippen LogP contribution in [0.4, 0.5) is 17.1 Å². The Morgan fingerprint density at radius 2 is 1.40 bits per heavy atom. The third-order valence-electron chi connectivity index (χ3n) is 4.96. The van der Waals surface area contributed by atoms with E-state index in [1.54, 1.807) is 29.2 Å². The van der Waals surface area contributed by atoms with Crippen LogP contribution in [0.2, 0.25) is 5.02 Å². The first-order valence-corrected chi connectivity index (χ1v) is 9.47. The molecule has 0 spiro atoms. The fourth-order valence-corrected chi connectivity index (χ4v) is 3.74. The Bertz CT molecular complexity index is 1270. The average molecular weight is 416 g/mol. The van der Waals surface area contributed by atoms with Gasteiger partial charge in [-0.05, 0) is 36.4 Å². The van der Waals surface area contributed by atoms with Crippen LogP contribution in [0.15, 0.2) is 83.0 Å². The second-order valence-electron chi connectivity index (χ2n) is 6.73. The third kappa shape index (κ3) is 2.72. The first kappa shape index (κ1) is 18.2. The van der Waals surface area contributed by atoms with Gasteiger partial charge in [0.15, 0.2) is 11.4 Å². The summed E-state index contributed by atoms with van der Waals surface area (Å²) in [7, 11) is 0. The highest BCUT2D eigenvalue weighted by Crippen LogP contribution is 2.36. The summed E-state index contributed by atoms with van der Waals surface area (Å²) in [6.07, 6.45) is 0. The van der Waals surface area contributed by atoms with Crippen LogP contribution in [0.3, 0.4) is 0 Å². The lowest BCUT2D eigenvalue weighted by Crippen LogP contribution is -2.36. The van der Waals surface area contributed by atoms with Crippen LogP contribution < -0.4 is 15.8 Å². The summed E-state index contributed by atoms with van der Waals surface area (Å²) in [5.41, 5.74) is 3.19. The number of amides is 2. The number of hydrazine groups is 1. The summed E-state index contributed by atoms with van der Waals surface area (Å²) < 4.78 is 0. The highest BCUT2D eigenvalue weighted by atomic mass is 35.5. The van der Waals surface area contributed by atoms with Gasteiger partial charge in [0, 0.05) is 21.8 Å². The molecular formula is C22H14ClN5O2. The van der Waals surface area contributed by atoms with E-state index in [4.69, 9.17) is 17.4 Å². The number of hydrogen-bond donors (Lipinski definition) is 1. The van der Waals surface area contributed by atoms with Gasteiger partial charge in [-0.2, -0.15) is 0 Å². The largest absolute Gasteiger partial charge is 0.293 e. The maximum atomic E-state index is 13.2. The molecule has 0 atom stereocenters. The van der Waals surface area contributed by atoms with Crippen molar-refractivity contribution in [3.63, 3.8) is 0 Å². The van der Waals surface area contributed by atoms with Gasteiger partial charge in [0.2, 0.25) is 0 Å². The van der Waals surface area contributed by atoms with Gasteiger partial charge in [-0.3, -0.25) is 14.5 Å². The zero-order valence-corrected chi connectivity index (χ0v) is 16.2. The number of halogens is 1. The molecule has 0 unspecified atom stereocenters. The Kier molecular flexibility index (Phi) is 4.20. The maximum Gasteiger partial charge on any atom is 0.293 e. The van der Waals surface area contributed by atoms with Crippen molar-refractivity contribution < 1.29 is 9.59 Å². The van der Waals surface area contributed by atoms with Gasteiger partial charge in [0.25, 0.3) is 11.8 Å². The van der Waals surface area contributed by atoms with Crippen molar-refractivity contribution in [1.29, 1.82) is 0 Å². The minimum absolute atomic E-state index is 0.0333. The van der Waals surface area contributed by atoms with Crippen molar-refractivity contribution in [2.75, 3.05) is 9.91 Å². The van der Waals surface area contributed by atoms with Gasteiger partial charge in [-0.25, -0.2) is 10.9 Å². The number of carbonyl (C=O) groups is 2. The van der Waals surface area contributed by atoms with Gasteiger partial charge in [0.05, 0.1) is 11.4 Å². The van der Waals surface area contributed by atoms with Crippen LogP contribution in [0.5, 0.6) is 0 Å². The lowest BCUT2D eigenvalue weighted by atomic mass is 10.1. The number of rotatable bonds is 2. The minimum Gasteiger partial charge on any atom is -0.275 e. The van der Waals surface area contributed by atoms with E-state index in [1.807, 2.05) is 48.5 Å². The van der Waals surface area contributed by atoms with Crippen LogP contribution in [-0.2, 0) is 9.59 Å². The monoisotopic (exact) mass is 415 g/mol. The van der Waals surface area contributed by atoms with Crippen LogP contribution in [0.1, 0.15) is 11.1 Å². The number of benzene rings is 3. The van der Waals surface area contributed by atoms with Crippen LogP contribution in [0, 0.1) is 0 Å². The van der Waals surface area contributed by atoms with Crippen molar-refractivity contribution in [3.8, 4) is 0 Å². The Hall–Kier alpha value is -3.81. The second kappa shape index (κ2) is 6.91. The van der Waals surface area contributed by atoms with Gasteiger partial charge < -0.3 is 0 Å². The number of carbonyl (C=O) groups excluding carboxylic acids is 2. The van der Waals surface area contributed by atoms with E-state index in [2.05, 4.69) is 10.2 Å². The summed E-state index contributed by atoms with van der Waals surface area (Å²) in [4.78, 5) is 27.3. The molecule has 0 radical (unpaired) electrons. The molecule has 2 N–H and O–H groups in total. The summed E-state index contributed by atoms with van der Waals surface area (Å²) in [5.74, 6) is 5.01. The molecule has 2 heterocycles. The summed E-state index contributed by atoms with van der Waals surface area (Å²) >= 11 is 6.07. The van der Waals surface area contributed by atoms with Crippen molar-refractivity contribution in [2.24, 2.45) is 16.0 Å². The summed E-state index contributed by atoms with van der Waals surface area (Å²) in [5, 5.41) is 9.74. The molecule has 2 aliphatic heterocycles. The number of anilines is 3. The predicted octanol–water partition coefficient (Wildman–Crippen LogP) is 3.43. The first-order valence-electron chi connectivity index (χ1n) is 9.10. The van der Waals surface area contributed by atoms with Crippen LogP contribution >= 0.6 is 11.6 Å². The molecule has 146 valence electrons. The molecule has 0 saturated carbocycles. The fraction of sp³-hybridized carbons (Fsp3) is 0. The number of hydrogen-bond acceptors (Lipinski definition) is 5. The molecule has 3 aromatic carbocycles. The van der Waals surface area contributed by atoms with E-state index in [0.717, 1.165) is 10.7 Å². The van der Waals surface area contributed by atoms with Gasteiger partial charge in [-0.15, -0.1) is 10.2 Å². The number of nitrogens with two attached hydrogens (primary N) is 1. The summed E-state index contributed by atoms with van der Waals surface area (Å²) in [6.45, 7) is 0. The minimum atomic E-state index is -0.518. The molecule has 0 fully saturated rings. The van der Waals surface area contributed by atoms with E-state index in [0.29, 0.717) is 27.5 Å². The first-order chi connectivity index (χ1) is 14.6. The molecule has 0 saturated heterocycles. The van der Waals surface area contributed by atoms with Crippen molar-refractivity contribution in [2.45, 2.75) is 0 Å². The number of para-hydroxylation sites is 2. The van der Waals surface area contributed by atoms with E-state index in [1.165, 1.54) is 0 Å². The SMILES string of the molecule is NN1C(=O)/C(=N\N=C2/C(=O)N(c3ccccc3)c3ccccc32)c2cc(Cl)ccc21. The molecule has 0 bridgehead atoms. The van der Waals surface area contributed by atoms with Crippen molar-refractivity contribution >= 4 is 51.9 Å². The molecule has 7 nitrogen and oxygen atoms in total. The zero-order chi connectivity index (χ0) is 20.8. The molecule has 30 heavy (non-hydrogen) atoms. The molecule has 2 amide bonds. The normalized spacial score (nSPS) is 17.8. The average Bonchev–Trinajstić information content (AvgIpc) is 3.17. The molecule has 0 aliphatic carbocycles. The number of fused-ring (bicyclic) bond motifs is 2. The Balaban J connectivity index is 1.63. The highest BCUT2D eigenvalue weighted by molar-refractivity contribution is 6.57. The highest BCUT2D eigenvalue weighted by Gasteiger charge is 2.36. The third-order valence-corrected chi connectivity index (χ3v) is 5.20. The number of nitrogens with zero attached hydrogens (tertiary/aromatic N) is 4. The standard InChI is InChI=1S/C22H14ClN5O2/c23-13-10-11-18-16(12-13)20(22(30)28(18)24)26-25-19-15-8-4-5-9-17(15)27(21(19)29)14-6-2-1-3-7-14/h1-12H,24H2/b25-19-,26-20-. The molecular weight excluding hydrogens is 402 g/mol. The Labute approximate surface area is 176 Å². The summed E-state index contributed by atoms with van der Waals surface area (Å²) in [6, 6.07) is 21.5. The molecule has 0 aromatic heterocycles. The van der Waals surface area contributed by atoms with Crippen LogP contribution in [0.25, 0.3) is 0 Å². The second-order valence-corrected chi connectivity index (χ2v) is 7.16. The van der Waals surface area contributed by atoms with Gasteiger partial charge >= 0.3 is 0 Å². The van der Waals surface area contributed by atoms with E-state index >= 15 is 0 Å². The fourth-order valence-electron chi connectivity index (χ4n) is 3.57. The van der Waals surface area contributed by atoms with E-state index in [-0.39, 0.29) is 17.3 Å². The van der Waals surface area contributed by atoms with Gasteiger partial charge in [0.1, 0.15) is 0 Å². The van der Waals surface area contributed by atoms with E-state index in [9.17, 15) is 9.59 Å². The molecule has 2 aliphatic rings. The quantitative estimate of drug-likeness (QED) is 0.395. The lowest BCUT2D eigenvalue weighted by molar-refractivity contribution is -0.112. The van der Waals surface area contributed by atoms with Crippen molar-refractivity contribution in [1.82, 2.24) is 0 Å². The Morgan fingerprint density at radius 1 is 0.733 bits per heavy atom. The predicted molar refractivity (Wildman–Crippen MR) is 116 cm³/mol. The Morgan fingerprint density at radius 3 is 2.17 bits per heavy atom. The van der Waals surface area contributed by atoms with Crippen molar-refractivity contribution in [3.05, 3.63) is 88.9 Å². The van der Waals surface area contributed by atoms with Gasteiger partial charge in [-0.1, -0.05) is 48.0 Å². The van der Waals surface area contributed by atoms with Crippen LogP contribution in [-0.4, -0.2) is 23.2 Å². The maximum absolute atomic E-state index is 13.2. The smallest absolute Gasteiger partial charge is 0.275 e. The molecule has 8 heteroatoms. The zero-order valence-electron chi connectivity index (χ0n) is 15.5. The molecule has 3 aromatic rings. The topological polar surface area (TPSA) is 91.4 Å². The lowest BCUT2D eigenvalue weighted by Gasteiger charge is -2.16. The van der Waals surface area contributed by atoms with E-state index < -0.39 is 5.91 Å². The molecule has 5 rings (SSSR count).